The molecule has 0 aromatic carbocycles. The Bertz CT molecular complexity index is 657. The van der Waals surface area contributed by atoms with E-state index in [0.717, 1.165) is 27.7 Å². The van der Waals surface area contributed by atoms with Gasteiger partial charge in [0, 0.05) is 0 Å². The molecule has 0 saturated carbocycles. The van der Waals surface area contributed by atoms with E-state index in [0.29, 0.717) is 0 Å². The van der Waals surface area contributed by atoms with E-state index in [9.17, 15) is 39.6 Å². The minimum absolute atomic E-state index is 0.291. The van der Waals surface area contributed by atoms with Gasteiger partial charge >= 0.3 is 0 Å². The number of ketones is 4. The third kappa shape index (κ3) is 2.67. The Balaban J connectivity index is 3.93. The maximum Gasteiger partial charge on any atom is 0.199 e. The van der Waals surface area contributed by atoms with Crippen LogP contribution in [0.4, 0.5) is 0 Å². The minimum Gasteiger partial charge on any atom is -0.382 e. The molecule has 1 rings (SSSR count). The summed E-state index contributed by atoms with van der Waals surface area (Å²) in [5.74, 6) is -4.67. The van der Waals surface area contributed by atoms with Gasteiger partial charge in [-0.3, -0.25) is 19.2 Å². The third-order valence-corrected chi connectivity index (χ3v) is 4.96. The highest BCUT2D eigenvalue weighted by atomic mass is 16.6. The highest BCUT2D eigenvalue weighted by Crippen LogP contribution is 2.48. The third-order valence-electron chi connectivity index (χ3n) is 4.96. The van der Waals surface area contributed by atoms with Gasteiger partial charge in [-0.25, -0.2) is 0 Å². The molecular weight excluding hydrogens is 348 g/mol. The smallest absolute Gasteiger partial charge is 0.199 e. The first-order valence-corrected chi connectivity index (χ1v) is 7.89. The number of hydrogen-bond acceptors (Lipinski definition) is 9. The summed E-state index contributed by atoms with van der Waals surface area (Å²) >= 11 is 0. The zero-order valence-corrected chi connectivity index (χ0v) is 15.1. The summed E-state index contributed by atoms with van der Waals surface area (Å²) in [6, 6.07) is 0. The van der Waals surface area contributed by atoms with Crippen LogP contribution in [0.15, 0.2) is 12.7 Å². The number of aliphatic hydroxyl groups excluding tert-OH is 1. The van der Waals surface area contributed by atoms with Crippen LogP contribution in [0, 0.1) is 0 Å². The average molecular weight is 372 g/mol. The molecule has 0 amide bonds. The maximum atomic E-state index is 12.3. The van der Waals surface area contributed by atoms with Gasteiger partial charge in [0.15, 0.2) is 39.9 Å². The molecule has 9 heteroatoms. The molecule has 1 fully saturated rings. The highest BCUT2D eigenvalue weighted by molar-refractivity contribution is 6.05. The number of carbonyl (C=O) groups excluding carboxylic acids is 4. The second-order valence-corrected chi connectivity index (χ2v) is 6.54. The monoisotopic (exact) mass is 372 g/mol. The maximum absolute atomic E-state index is 12.3. The summed E-state index contributed by atoms with van der Waals surface area (Å²) in [5, 5.41) is 43.2. The molecule has 26 heavy (non-hydrogen) atoms. The SMILES string of the molecule is C=CC[C@@H]1O[C@H](C(O)C(C)=O)[C@](O)(C(C)=O)[C@@](O)(C(C)=O)[C@]1(O)C(C)=O. The molecular formula is C17H24O9. The molecule has 1 saturated heterocycles. The molecule has 0 bridgehead atoms. The molecule has 4 N–H and O–H groups in total. The Morgan fingerprint density at radius 2 is 1.46 bits per heavy atom. The fourth-order valence-electron chi connectivity index (χ4n) is 3.47. The summed E-state index contributed by atoms with van der Waals surface area (Å²) in [6.07, 6.45) is -4.96. The predicted molar refractivity (Wildman–Crippen MR) is 87.1 cm³/mol. The number of Topliss-reactive ketones (excluding diaryl/α,β-unsaturated/α-hetero) is 4. The quantitative estimate of drug-likeness (QED) is 0.380. The first kappa shape index (κ1) is 22.3. The summed E-state index contributed by atoms with van der Waals surface area (Å²) < 4.78 is 5.35. The molecule has 1 aliphatic heterocycles. The van der Waals surface area contributed by atoms with Crippen molar-refractivity contribution in [2.24, 2.45) is 0 Å². The van der Waals surface area contributed by atoms with E-state index in [1.807, 2.05) is 0 Å². The molecule has 1 heterocycles. The fourth-order valence-corrected chi connectivity index (χ4v) is 3.47. The van der Waals surface area contributed by atoms with Crippen LogP contribution in [0.25, 0.3) is 0 Å². The van der Waals surface area contributed by atoms with Crippen LogP contribution in [-0.4, -0.2) is 78.7 Å². The first-order valence-electron chi connectivity index (χ1n) is 7.89. The first-order chi connectivity index (χ1) is 11.7. The van der Waals surface area contributed by atoms with E-state index in [4.69, 9.17) is 4.74 Å². The molecule has 1 unspecified atom stereocenters. The topological polar surface area (TPSA) is 158 Å². The van der Waals surface area contributed by atoms with E-state index >= 15 is 0 Å². The van der Waals surface area contributed by atoms with Gasteiger partial charge in [0.1, 0.15) is 18.3 Å². The van der Waals surface area contributed by atoms with E-state index in [1.54, 1.807) is 0 Å². The van der Waals surface area contributed by atoms with Crippen LogP contribution in [0.3, 0.4) is 0 Å². The van der Waals surface area contributed by atoms with Gasteiger partial charge in [0.2, 0.25) is 0 Å². The minimum atomic E-state index is -3.37. The molecule has 0 spiro atoms. The Hall–Kier alpha value is -1.78. The van der Waals surface area contributed by atoms with E-state index in [2.05, 4.69) is 6.58 Å². The van der Waals surface area contributed by atoms with E-state index in [-0.39, 0.29) is 6.42 Å². The van der Waals surface area contributed by atoms with Crippen LogP contribution in [0.1, 0.15) is 34.1 Å². The zero-order chi connectivity index (χ0) is 20.7. The fraction of sp³-hybridized carbons (Fsp3) is 0.647. The van der Waals surface area contributed by atoms with Crippen molar-refractivity contribution in [1.29, 1.82) is 0 Å². The number of rotatable bonds is 7. The summed E-state index contributed by atoms with van der Waals surface area (Å²) in [5.41, 5.74) is -9.66. The van der Waals surface area contributed by atoms with Gasteiger partial charge in [-0.05, 0) is 34.1 Å². The Morgan fingerprint density at radius 3 is 1.77 bits per heavy atom. The normalized spacial score (nSPS) is 38.3. The van der Waals surface area contributed by atoms with Crippen molar-refractivity contribution in [3.8, 4) is 0 Å². The van der Waals surface area contributed by atoms with Crippen molar-refractivity contribution >= 4 is 23.1 Å². The van der Waals surface area contributed by atoms with Crippen molar-refractivity contribution in [2.45, 2.75) is 69.2 Å². The van der Waals surface area contributed by atoms with Crippen LogP contribution < -0.4 is 0 Å². The van der Waals surface area contributed by atoms with Crippen LogP contribution >= 0.6 is 0 Å². The lowest BCUT2D eigenvalue weighted by Crippen LogP contribution is -2.87. The van der Waals surface area contributed by atoms with Gasteiger partial charge < -0.3 is 25.2 Å². The Kier molecular flexibility index (Phi) is 6.07. The van der Waals surface area contributed by atoms with Gasteiger partial charge in [-0.15, -0.1) is 6.58 Å². The number of aliphatic hydroxyl groups is 4. The van der Waals surface area contributed by atoms with Crippen LogP contribution in [0.2, 0.25) is 0 Å². The van der Waals surface area contributed by atoms with E-state index < -0.39 is 58.2 Å². The largest absolute Gasteiger partial charge is 0.382 e. The van der Waals surface area contributed by atoms with Gasteiger partial charge in [0.05, 0.1) is 0 Å². The molecule has 0 aliphatic carbocycles. The summed E-state index contributed by atoms with van der Waals surface area (Å²) in [7, 11) is 0. The lowest BCUT2D eigenvalue weighted by Gasteiger charge is -2.58. The van der Waals surface area contributed by atoms with Crippen molar-refractivity contribution in [1.82, 2.24) is 0 Å². The molecule has 0 aromatic rings. The molecule has 0 radical (unpaired) electrons. The Morgan fingerprint density at radius 1 is 1.00 bits per heavy atom. The van der Waals surface area contributed by atoms with Crippen LogP contribution in [-0.2, 0) is 23.9 Å². The van der Waals surface area contributed by atoms with Crippen molar-refractivity contribution < 1.29 is 44.3 Å². The summed E-state index contributed by atoms with van der Waals surface area (Å²) in [6.45, 7) is 6.73. The number of ether oxygens (including phenoxy) is 1. The standard InChI is InChI=1S/C17H24O9/c1-6-7-12-15(23,9(3)19)17(25,11(5)21)16(24,10(4)20)14(26-12)13(22)8(2)18/h6,12-14,22-25H,1,7H2,2-5H3/t12-,13?,14+,15-,16+,17+/m0/s1. The lowest BCUT2D eigenvalue weighted by molar-refractivity contribution is -0.326. The number of hydrogen-bond donors (Lipinski definition) is 4. The molecule has 0 aromatic heterocycles. The molecule has 9 nitrogen and oxygen atoms in total. The van der Waals surface area contributed by atoms with E-state index in [1.165, 1.54) is 6.08 Å². The second-order valence-electron chi connectivity index (χ2n) is 6.54. The number of carbonyl (C=O) groups is 4. The van der Waals surface area contributed by atoms with Crippen molar-refractivity contribution in [2.75, 3.05) is 0 Å². The molecule has 1 aliphatic rings. The van der Waals surface area contributed by atoms with Crippen molar-refractivity contribution in [3.63, 3.8) is 0 Å². The predicted octanol–water partition coefficient (Wildman–Crippen LogP) is -1.76. The van der Waals surface area contributed by atoms with Crippen molar-refractivity contribution in [3.05, 3.63) is 12.7 Å². The highest BCUT2D eigenvalue weighted by Gasteiger charge is 2.78. The molecule has 6 atom stereocenters. The van der Waals surface area contributed by atoms with Gasteiger partial charge in [-0.2, -0.15) is 0 Å². The zero-order valence-electron chi connectivity index (χ0n) is 15.1. The van der Waals surface area contributed by atoms with Gasteiger partial charge in [0.25, 0.3) is 0 Å². The Labute approximate surface area is 150 Å². The van der Waals surface area contributed by atoms with Crippen LogP contribution in [0.5, 0.6) is 0 Å². The second kappa shape index (κ2) is 7.09. The van der Waals surface area contributed by atoms with Gasteiger partial charge in [-0.1, -0.05) is 6.08 Å². The summed E-state index contributed by atoms with van der Waals surface area (Å²) in [4.78, 5) is 48.4. The average Bonchev–Trinajstić information content (AvgIpc) is 2.53. The molecule has 146 valence electrons. The lowest BCUT2D eigenvalue weighted by atomic mass is 9.58.